The fourth-order valence-corrected chi connectivity index (χ4v) is 2.54. The molecule has 0 spiro atoms. The standard InChI is InChI=1S/C15H19NO4/c1-9-5-13(20-3)10(2)4-11(9)7-16-8-12(15(18)19)6-14(16)17/h4-5,12H,6-8H2,1-3H3,(H,18,19). The summed E-state index contributed by atoms with van der Waals surface area (Å²) in [4.78, 5) is 24.4. The quantitative estimate of drug-likeness (QED) is 0.910. The van der Waals surface area contributed by atoms with E-state index in [0.29, 0.717) is 13.1 Å². The Morgan fingerprint density at radius 2 is 2.10 bits per heavy atom. The van der Waals surface area contributed by atoms with Crippen LogP contribution in [0, 0.1) is 19.8 Å². The van der Waals surface area contributed by atoms with Crippen LogP contribution in [0.25, 0.3) is 0 Å². The Kier molecular flexibility index (Phi) is 3.97. The summed E-state index contributed by atoms with van der Waals surface area (Å²) >= 11 is 0. The first kappa shape index (κ1) is 14.4. The highest BCUT2D eigenvalue weighted by Crippen LogP contribution is 2.26. The second kappa shape index (κ2) is 5.53. The zero-order chi connectivity index (χ0) is 14.9. The number of amides is 1. The van der Waals surface area contributed by atoms with Crippen molar-refractivity contribution in [2.45, 2.75) is 26.8 Å². The summed E-state index contributed by atoms with van der Waals surface area (Å²) < 4.78 is 5.26. The van der Waals surface area contributed by atoms with Gasteiger partial charge >= 0.3 is 5.97 Å². The first-order valence-corrected chi connectivity index (χ1v) is 6.57. The van der Waals surface area contributed by atoms with Crippen molar-refractivity contribution in [3.63, 3.8) is 0 Å². The number of methoxy groups -OCH3 is 1. The van der Waals surface area contributed by atoms with Crippen LogP contribution >= 0.6 is 0 Å². The number of likely N-dealkylation sites (tertiary alicyclic amines) is 1. The highest BCUT2D eigenvalue weighted by molar-refractivity contribution is 5.86. The molecule has 1 aromatic carbocycles. The van der Waals surface area contributed by atoms with Crippen LogP contribution in [0.15, 0.2) is 12.1 Å². The fraction of sp³-hybridized carbons (Fsp3) is 0.467. The van der Waals surface area contributed by atoms with Gasteiger partial charge in [-0.25, -0.2) is 0 Å². The van der Waals surface area contributed by atoms with E-state index < -0.39 is 11.9 Å². The predicted molar refractivity (Wildman–Crippen MR) is 73.6 cm³/mol. The van der Waals surface area contributed by atoms with Gasteiger partial charge in [0.15, 0.2) is 0 Å². The van der Waals surface area contributed by atoms with Crippen LogP contribution in [0.2, 0.25) is 0 Å². The van der Waals surface area contributed by atoms with E-state index in [4.69, 9.17) is 9.84 Å². The molecule has 1 aliphatic rings. The van der Waals surface area contributed by atoms with Gasteiger partial charge in [0.1, 0.15) is 5.75 Å². The molecule has 1 aromatic rings. The maximum absolute atomic E-state index is 11.9. The smallest absolute Gasteiger partial charge is 0.308 e. The number of rotatable bonds is 4. The predicted octanol–water partition coefficient (Wildman–Crippen LogP) is 1.75. The molecule has 1 aliphatic heterocycles. The largest absolute Gasteiger partial charge is 0.496 e. The van der Waals surface area contributed by atoms with Crippen molar-refractivity contribution in [3.05, 3.63) is 28.8 Å². The Morgan fingerprint density at radius 3 is 2.65 bits per heavy atom. The molecule has 1 amide bonds. The SMILES string of the molecule is COc1cc(C)c(CN2CC(C(=O)O)CC2=O)cc1C. The van der Waals surface area contributed by atoms with Crippen LogP contribution in [0.5, 0.6) is 5.75 Å². The fourth-order valence-electron chi connectivity index (χ4n) is 2.54. The molecule has 1 fully saturated rings. The van der Waals surface area contributed by atoms with Crippen molar-refractivity contribution in [2.24, 2.45) is 5.92 Å². The van der Waals surface area contributed by atoms with Crippen molar-refractivity contribution < 1.29 is 19.4 Å². The molecule has 5 nitrogen and oxygen atoms in total. The molecule has 0 radical (unpaired) electrons. The molecular formula is C15H19NO4. The van der Waals surface area contributed by atoms with Gasteiger partial charge in [0, 0.05) is 19.5 Å². The summed E-state index contributed by atoms with van der Waals surface area (Å²) in [6.07, 6.45) is 0.101. The summed E-state index contributed by atoms with van der Waals surface area (Å²) in [6, 6.07) is 3.94. The van der Waals surface area contributed by atoms with Gasteiger partial charge in [-0.3, -0.25) is 9.59 Å². The van der Waals surface area contributed by atoms with Crippen molar-refractivity contribution >= 4 is 11.9 Å². The van der Waals surface area contributed by atoms with Gasteiger partial charge < -0.3 is 14.7 Å². The first-order chi connectivity index (χ1) is 9.42. The minimum Gasteiger partial charge on any atom is -0.496 e. The lowest BCUT2D eigenvalue weighted by Crippen LogP contribution is -2.26. The van der Waals surface area contributed by atoms with Crippen LogP contribution in [-0.4, -0.2) is 35.5 Å². The average Bonchev–Trinajstić information content (AvgIpc) is 2.75. The van der Waals surface area contributed by atoms with E-state index in [-0.39, 0.29) is 12.3 Å². The van der Waals surface area contributed by atoms with Gasteiger partial charge in [-0.1, -0.05) is 6.07 Å². The third-order valence-corrected chi connectivity index (χ3v) is 3.78. The number of carboxylic acids is 1. The molecule has 1 saturated heterocycles. The Bertz CT molecular complexity index is 553. The Labute approximate surface area is 118 Å². The van der Waals surface area contributed by atoms with Crippen molar-refractivity contribution in [2.75, 3.05) is 13.7 Å². The van der Waals surface area contributed by atoms with E-state index in [2.05, 4.69) is 0 Å². The number of hydrogen-bond acceptors (Lipinski definition) is 3. The maximum Gasteiger partial charge on any atom is 0.308 e. The minimum atomic E-state index is -0.900. The summed E-state index contributed by atoms with van der Waals surface area (Å²) in [5, 5.41) is 8.99. The van der Waals surface area contributed by atoms with Crippen LogP contribution in [0.1, 0.15) is 23.1 Å². The zero-order valence-corrected chi connectivity index (χ0v) is 12.0. The van der Waals surface area contributed by atoms with E-state index >= 15 is 0 Å². The molecule has 1 heterocycles. The van der Waals surface area contributed by atoms with Crippen molar-refractivity contribution in [3.8, 4) is 5.75 Å². The number of carbonyl (C=O) groups excluding carboxylic acids is 1. The lowest BCUT2D eigenvalue weighted by Gasteiger charge is -2.19. The van der Waals surface area contributed by atoms with E-state index in [1.54, 1.807) is 12.0 Å². The lowest BCUT2D eigenvalue weighted by molar-refractivity contribution is -0.141. The summed E-state index contributed by atoms with van der Waals surface area (Å²) in [7, 11) is 1.63. The zero-order valence-electron chi connectivity index (χ0n) is 12.0. The molecule has 1 unspecified atom stereocenters. The minimum absolute atomic E-state index is 0.0923. The second-order valence-electron chi connectivity index (χ2n) is 5.26. The molecule has 1 N–H and O–H groups in total. The van der Waals surface area contributed by atoms with Crippen LogP contribution in [-0.2, 0) is 16.1 Å². The van der Waals surface area contributed by atoms with Crippen LogP contribution in [0.3, 0.4) is 0 Å². The van der Waals surface area contributed by atoms with Crippen LogP contribution < -0.4 is 4.74 Å². The average molecular weight is 277 g/mol. The Hall–Kier alpha value is -2.04. The van der Waals surface area contributed by atoms with Crippen molar-refractivity contribution in [1.82, 2.24) is 4.90 Å². The summed E-state index contributed by atoms with van der Waals surface area (Å²) in [5.74, 6) is -0.752. The monoisotopic (exact) mass is 277 g/mol. The number of carbonyl (C=O) groups is 2. The number of ether oxygens (including phenoxy) is 1. The topological polar surface area (TPSA) is 66.8 Å². The molecule has 0 aliphatic carbocycles. The Morgan fingerprint density at radius 1 is 1.40 bits per heavy atom. The molecule has 0 saturated carbocycles. The van der Waals surface area contributed by atoms with Gasteiger partial charge in [-0.05, 0) is 36.6 Å². The van der Waals surface area contributed by atoms with Gasteiger partial charge in [0.2, 0.25) is 5.91 Å². The second-order valence-corrected chi connectivity index (χ2v) is 5.26. The van der Waals surface area contributed by atoms with E-state index in [1.165, 1.54) is 0 Å². The molecule has 0 bridgehead atoms. The number of aryl methyl sites for hydroxylation is 2. The molecule has 0 aromatic heterocycles. The summed E-state index contributed by atoms with van der Waals surface area (Å²) in [6.45, 7) is 4.66. The van der Waals surface area contributed by atoms with Gasteiger partial charge in [0.25, 0.3) is 0 Å². The first-order valence-electron chi connectivity index (χ1n) is 6.57. The number of nitrogens with zero attached hydrogens (tertiary/aromatic N) is 1. The van der Waals surface area contributed by atoms with Crippen molar-refractivity contribution in [1.29, 1.82) is 0 Å². The maximum atomic E-state index is 11.9. The number of aliphatic carboxylic acids is 1. The number of carboxylic acid groups (broad SMARTS) is 1. The molecule has 2 rings (SSSR count). The van der Waals surface area contributed by atoms with Crippen LogP contribution in [0.4, 0.5) is 0 Å². The summed E-state index contributed by atoms with van der Waals surface area (Å²) in [5.41, 5.74) is 3.08. The Balaban J connectivity index is 2.17. The third kappa shape index (κ3) is 2.76. The molecule has 108 valence electrons. The molecular weight excluding hydrogens is 258 g/mol. The van der Waals surface area contributed by atoms with E-state index in [1.807, 2.05) is 26.0 Å². The third-order valence-electron chi connectivity index (χ3n) is 3.78. The normalized spacial score (nSPS) is 18.4. The van der Waals surface area contributed by atoms with Gasteiger partial charge in [0.05, 0.1) is 13.0 Å². The van der Waals surface area contributed by atoms with Gasteiger partial charge in [-0.2, -0.15) is 0 Å². The van der Waals surface area contributed by atoms with E-state index in [0.717, 1.165) is 22.4 Å². The highest BCUT2D eigenvalue weighted by Gasteiger charge is 2.34. The molecule has 20 heavy (non-hydrogen) atoms. The molecule has 5 heteroatoms. The van der Waals surface area contributed by atoms with E-state index in [9.17, 15) is 9.59 Å². The number of hydrogen-bond donors (Lipinski definition) is 1. The molecule has 1 atom stereocenters. The van der Waals surface area contributed by atoms with Gasteiger partial charge in [-0.15, -0.1) is 0 Å². The number of benzene rings is 1. The highest BCUT2D eigenvalue weighted by atomic mass is 16.5. The lowest BCUT2D eigenvalue weighted by atomic mass is 10.0.